The van der Waals surface area contributed by atoms with Gasteiger partial charge in [-0.3, -0.25) is 0 Å². The Morgan fingerprint density at radius 1 is 0.955 bits per heavy atom. The van der Waals surface area contributed by atoms with Crippen molar-refractivity contribution in [2.24, 2.45) is 0 Å². The third-order valence-electron chi connectivity index (χ3n) is 2.96. The number of benzene rings is 2. The van der Waals surface area contributed by atoms with Crippen LogP contribution in [0.1, 0.15) is 31.8 Å². The van der Waals surface area contributed by atoms with Crippen LogP contribution in [0.25, 0.3) is 0 Å². The van der Waals surface area contributed by atoms with Crippen LogP contribution in [-0.4, -0.2) is 33.9 Å². The summed E-state index contributed by atoms with van der Waals surface area (Å²) in [6, 6.07) is 14.0. The van der Waals surface area contributed by atoms with E-state index in [0.29, 0.717) is 5.56 Å². The number of carbonyl (C=O) groups is 2. The molecule has 2 aromatic rings. The maximum atomic E-state index is 10.6. The van der Waals surface area contributed by atoms with Crippen LogP contribution < -0.4 is 0 Å². The van der Waals surface area contributed by atoms with Crippen LogP contribution in [0.2, 0.25) is 0 Å². The normalized spacial score (nSPS) is 9.55. The molecule has 5 nitrogen and oxygen atoms in total. The van der Waals surface area contributed by atoms with Gasteiger partial charge in [-0.1, -0.05) is 36.4 Å². The number of rotatable bonds is 4. The number of aromatic carboxylic acids is 2. The molecule has 116 valence electrons. The molecule has 0 aliphatic carbocycles. The van der Waals surface area contributed by atoms with Gasteiger partial charge in [-0.2, -0.15) is 0 Å². The smallest absolute Gasteiger partial charge is 0.335 e. The van der Waals surface area contributed by atoms with Crippen LogP contribution in [-0.2, 0) is 6.42 Å². The van der Waals surface area contributed by atoms with Crippen LogP contribution >= 0.6 is 0 Å². The molecule has 0 aliphatic rings. The van der Waals surface area contributed by atoms with Crippen LogP contribution in [0.15, 0.2) is 48.5 Å². The lowest BCUT2D eigenvalue weighted by atomic mass is 10.1. The van der Waals surface area contributed by atoms with Gasteiger partial charge in [-0.05, 0) is 36.6 Å². The van der Waals surface area contributed by atoms with Gasteiger partial charge < -0.3 is 15.3 Å². The largest absolute Gasteiger partial charge is 0.478 e. The first-order chi connectivity index (χ1) is 10.5. The number of hydrogen-bond donors (Lipinski definition) is 3. The fourth-order valence-corrected chi connectivity index (χ4v) is 1.76. The molecule has 3 N–H and O–H groups in total. The Balaban J connectivity index is 0.000000235. The number of hydrogen-bond acceptors (Lipinski definition) is 3. The zero-order valence-corrected chi connectivity index (χ0v) is 12.2. The molecule has 0 amide bonds. The third-order valence-corrected chi connectivity index (χ3v) is 2.96. The van der Waals surface area contributed by atoms with Crippen molar-refractivity contribution in [1.29, 1.82) is 0 Å². The monoisotopic (exact) mass is 302 g/mol. The van der Waals surface area contributed by atoms with Gasteiger partial charge in [0.15, 0.2) is 0 Å². The Morgan fingerprint density at radius 3 is 2.09 bits per heavy atom. The fourth-order valence-electron chi connectivity index (χ4n) is 1.76. The van der Waals surface area contributed by atoms with Gasteiger partial charge in [0.1, 0.15) is 0 Å². The molecule has 0 unspecified atom stereocenters. The predicted molar refractivity (Wildman–Crippen MR) is 82.3 cm³/mol. The molecule has 2 rings (SSSR count). The molecule has 0 saturated carbocycles. The third kappa shape index (κ3) is 5.38. The van der Waals surface area contributed by atoms with Crippen molar-refractivity contribution in [2.45, 2.75) is 13.3 Å². The van der Waals surface area contributed by atoms with Gasteiger partial charge in [0.25, 0.3) is 0 Å². The molecule has 0 bridgehead atoms. The lowest BCUT2D eigenvalue weighted by molar-refractivity contribution is 0.0695. The van der Waals surface area contributed by atoms with Gasteiger partial charge in [0, 0.05) is 6.61 Å². The Kier molecular flexibility index (Phi) is 6.79. The second-order valence-corrected chi connectivity index (χ2v) is 4.60. The van der Waals surface area contributed by atoms with Gasteiger partial charge in [0.2, 0.25) is 0 Å². The zero-order valence-electron chi connectivity index (χ0n) is 12.2. The first-order valence-electron chi connectivity index (χ1n) is 6.67. The average molecular weight is 302 g/mol. The molecular formula is C17H18O5. The van der Waals surface area contributed by atoms with E-state index in [2.05, 4.69) is 0 Å². The summed E-state index contributed by atoms with van der Waals surface area (Å²) >= 11 is 0. The van der Waals surface area contributed by atoms with Crippen LogP contribution in [0.5, 0.6) is 0 Å². The second kappa shape index (κ2) is 8.59. The highest BCUT2D eigenvalue weighted by atomic mass is 16.4. The molecule has 0 heterocycles. The molecule has 22 heavy (non-hydrogen) atoms. The average Bonchev–Trinajstić information content (AvgIpc) is 2.49. The lowest BCUT2D eigenvalue weighted by Gasteiger charge is -2.01. The van der Waals surface area contributed by atoms with Crippen molar-refractivity contribution >= 4 is 11.9 Å². The number of carboxylic acid groups (broad SMARTS) is 2. The Labute approximate surface area is 128 Å². The molecule has 0 spiro atoms. The van der Waals surface area contributed by atoms with Crippen molar-refractivity contribution in [3.63, 3.8) is 0 Å². The number of aryl methyl sites for hydroxylation is 1. The summed E-state index contributed by atoms with van der Waals surface area (Å²) in [4.78, 5) is 21.1. The van der Waals surface area contributed by atoms with Gasteiger partial charge >= 0.3 is 11.9 Å². The summed E-state index contributed by atoms with van der Waals surface area (Å²) in [6.07, 6.45) is 0.765. The minimum Gasteiger partial charge on any atom is -0.478 e. The number of carboxylic acids is 2. The van der Waals surface area contributed by atoms with Gasteiger partial charge in [-0.15, -0.1) is 0 Å². The number of aliphatic hydroxyl groups is 1. The van der Waals surface area contributed by atoms with E-state index < -0.39 is 11.9 Å². The maximum Gasteiger partial charge on any atom is 0.335 e. The van der Waals surface area contributed by atoms with E-state index in [-0.39, 0.29) is 17.7 Å². The molecule has 0 saturated heterocycles. The molecule has 2 aromatic carbocycles. The van der Waals surface area contributed by atoms with Gasteiger partial charge in [-0.25, -0.2) is 9.59 Å². The minimum atomic E-state index is -1.12. The van der Waals surface area contributed by atoms with E-state index in [1.165, 1.54) is 17.7 Å². The first-order valence-corrected chi connectivity index (χ1v) is 6.67. The van der Waals surface area contributed by atoms with Crippen LogP contribution in [0.3, 0.4) is 0 Å². The Hall–Kier alpha value is -2.66. The topological polar surface area (TPSA) is 94.8 Å². The SMILES string of the molecule is Cc1ccc(C(=O)O)cc1C(=O)O.OCCc1ccccc1. The van der Waals surface area contributed by atoms with Crippen LogP contribution in [0, 0.1) is 6.92 Å². The summed E-state index contributed by atoms with van der Waals surface area (Å²) < 4.78 is 0. The molecular weight excluding hydrogens is 284 g/mol. The molecule has 0 fully saturated rings. The highest BCUT2D eigenvalue weighted by Crippen LogP contribution is 2.11. The predicted octanol–water partition coefficient (Wildman–Crippen LogP) is 2.61. The van der Waals surface area contributed by atoms with E-state index in [0.717, 1.165) is 12.5 Å². The van der Waals surface area contributed by atoms with E-state index in [4.69, 9.17) is 15.3 Å². The van der Waals surface area contributed by atoms with Crippen molar-refractivity contribution in [3.8, 4) is 0 Å². The summed E-state index contributed by atoms with van der Waals surface area (Å²) in [7, 11) is 0. The molecule has 0 aliphatic heterocycles. The summed E-state index contributed by atoms with van der Waals surface area (Å²) in [5.74, 6) is -2.23. The van der Waals surface area contributed by atoms with E-state index in [9.17, 15) is 9.59 Å². The first kappa shape index (κ1) is 17.4. The molecule has 0 radical (unpaired) electrons. The van der Waals surface area contributed by atoms with Crippen molar-refractivity contribution in [3.05, 3.63) is 70.8 Å². The van der Waals surface area contributed by atoms with Crippen molar-refractivity contribution < 1.29 is 24.9 Å². The highest BCUT2D eigenvalue weighted by molar-refractivity contribution is 5.94. The standard InChI is InChI=1S/C9H8O4.C8H10O/c1-5-2-3-6(8(10)11)4-7(5)9(12)13;9-7-6-8-4-2-1-3-5-8/h2-4H,1H3,(H,10,11)(H,12,13);1-5,9H,6-7H2. The molecule has 0 atom stereocenters. The fraction of sp³-hybridized carbons (Fsp3) is 0.176. The highest BCUT2D eigenvalue weighted by Gasteiger charge is 2.10. The van der Waals surface area contributed by atoms with Gasteiger partial charge in [0.05, 0.1) is 11.1 Å². The zero-order chi connectivity index (χ0) is 16.5. The molecule has 5 heteroatoms. The quantitative estimate of drug-likeness (QED) is 0.807. The van der Waals surface area contributed by atoms with E-state index >= 15 is 0 Å². The van der Waals surface area contributed by atoms with Crippen molar-refractivity contribution in [2.75, 3.05) is 6.61 Å². The summed E-state index contributed by atoms with van der Waals surface area (Å²) in [6.45, 7) is 1.86. The summed E-state index contributed by atoms with van der Waals surface area (Å²) in [5.41, 5.74) is 1.76. The summed E-state index contributed by atoms with van der Waals surface area (Å²) in [5, 5.41) is 25.8. The van der Waals surface area contributed by atoms with Crippen molar-refractivity contribution in [1.82, 2.24) is 0 Å². The Bertz CT molecular complexity index is 635. The minimum absolute atomic E-state index is 0.0111. The Morgan fingerprint density at radius 2 is 1.59 bits per heavy atom. The molecule has 0 aromatic heterocycles. The van der Waals surface area contributed by atoms with E-state index in [1.807, 2.05) is 30.3 Å². The number of aliphatic hydroxyl groups excluding tert-OH is 1. The van der Waals surface area contributed by atoms with E-state index in [1.54, 1.807) is 6.92 Å². The maximum absolute atomic E-state index is 10.6. The van der Waals surface area contributed by atoms with Crippen LogP contribution in [0.4, 0.5) is 0 Å². The second-order valence-electron chi connectivity index (χ2n) is 4.60. The lowest BCUT2D eigenvalue weighted by Crippen LogP contribution is -2.03.